The van der Waals surface area contributed by atoms with E-state index in [-0.39, 0.29) is 24.5 Å². The van der Waals surface area contributed by atoms with Gasteiger partial charge in [0.1, 0.15) is 11.6 Å². The van der Waals surface area contributed by atoms with E-state index in [4.69, 9.17) is 0 Å². The van der Waals surface area contributed by atoms with E-state index in [1.165, 1.54) is 19.1 Å². The Hall–Kier alpha value is -2.28. The summed E-state index contributed by atoms with van der Waals surface area (Å²) in [7, 11) is 3.41. The summed E-state index contributed by atoms with van der Waals surface area (Å²) in [6.07, 6.45) is -0.302. The number of nitrogens with zero attached hydrogens (tertiary/aromatic N) is 1. The summed E-state index contributed by atoms with van der Waals surface area (Å²) >= 11 is 0. The first-order valence-electron chi connectivity index (χ1n) is 8.85. The van der Waals surface area contributed by atoms with Crippen LogP contribution < -0.4 is 0 Å². The Labute approximate surface area is 161 Å². The van der Waals surface area contributed by atoms with Crippen molar-refractivity contribution in [1.82, 2.24) is 4.90 Å². The molecule has 0 aliphatic heterocycles. The van der Waals surface area contributed by atoms with E-state index in [1.807, 2.05) is 0 Å². The van der Waals surface area contributed by atoms with E-state index >= 15 is 0 Å². The van der Waals surface area contributed by atoms with Gasteiger partial charge in [0, 0.05) is 24.1 Å². The van der Waals surface area contributed by atoms with Crippen LogP contribution in [0.5, 0.6) is 0 Å². The lowest BCUT2D eigenvalue weighted by atomic mass is 9.66. The molecule has 0 amide bonds. The molecular weight excluding hydrogens is 377 g/mol. The maximum Gasteiger partial charge on any atom is 0.166 e. The van der Waals surface area contributed by atoms with Crippen LogP contribution in [0.3, 0.4) is 0 Å². The number of Topliss-reactive ketones (excluding diaryl/α,β-unsaturated/α-hetero) is 1. The molecule has 1 unspecified atom stereocenters. The molecule has 0 fully saturated rings. The molecule has 152 valence electrons. The van der Waals surface area contributed by atoms with Crippen molar-refractivity contribution >= 4 is 5.78 Å². The van der Waals surface area contributed by atoms with Crippen LogP contribution in [0, 0.1) is 29.1 Å². The topological polar surface area (TPSA) is 20.3 Å². The fourth-order valence-electron chi connectivity index (χ4n) is 3.39. The molecular formula is C21H22F5NO. The summed E-state index contributed by atoms with van der Waals surface area (Å²) < 4.78 is 71.2. The van der Waals surface area contributed by atoms with Crippen LogP contribution in [0.25, 0.3) is 0 Å². The predicted octanol–water partition coefficient (Wildman–Crippen LogP) is 4.99. The van der Waals surface area contributed by atoms with Gasteiger partial charge in [-0.05, 0) is 45.1 Å². The molecule has 0 aliphatic rings. The molecule has 0 aromatic heterocycles. The first kappa shape index (κ1) is 22.0. The zero-order valence-corrected chi connectivity index (χ0v) is 16.1. The van der Waals surface area contributed by atoms with Gasteiger partial charge in [-0.25, -0.2) is 22.0 Å². The fraction of sp³-hybridized carbons (Fsp3) is 0.381. The average Bonchev–Trinajstić information content (AvgIpc) is 2.65. The number of carbonyl (C=O) groups excluding carboxylic acids is 1. The van der Waals surface area contributed by atoms with Crippen molar-refractivity contribution in [2.45, 2.75) is 38.1 Å². The molecule has 2 nitrogen and oxygen atoms in total. The fourth-order valence-corrected chi connectivity index (χ4v) is 3.39. The Kier molecular flexibility index (Phi) is 6.59. The third-order valence-electron chi connectivity index (χ3n) is 5.16. The molecule has 28 heavy (non-hydrogen) atoms. The van der Waals surface area contributed by atoms with Gasteiger partial charge in [0.2, 0.25) is 0 Å². The number of benzene rings is 2. The molecule has 0 spiro atoms. The predicted molar refractivity (Wildman–Crippen MR) is 96.5 cm³/mol. The first-order chi connectivity index (χ1) is 13.1. The summed E-state index contributed by atoms with van der Waals surface area (Å²) in [5, 5.41) is 0. The van der Waals surface area contributed by atoms with Crippen LogP contribution in [-0.4, -0.2) is 30.8 Å². The van der Waals surface area contributed by atoms with Crippen molar-refractivity contribution in [3.05, 3.63) is 70.5 Å². The highest BCUT2D eigenvalue weighted by atomic mass is 19.2. The van der Waals surface area contributed by atoms with E-state index in [9.17, 15) is 26.7 Å². The molecule has 2 atom stereocenters. The highest BCUT2D eigenvalue weighted by molar-refractivity contribution is 5.94. The molecule has 7 heteroatoms. The summed E-state index contributed by atoms with van der Waals surface area (Å²) in [5.41, 5.74) is -2.95. The number of halogens is 5. The third-order valence-corrected chi connectivity index (χ3v) is 5.16. The van der Waals surface area contributed by atoms with Gasteiger partial charge in [-0.15, -0.1) is 0 Å². The Morgan fingerprint density at radius 3 is 1.93 bits per heavy atom. The Morgan fingerprint density at radius 2 is 1.50 bits per heavy atom. The van der Waals surface area contributed by atoms with Gasteiger partial charge >= 0.3 is 0 Å². The van der Waals surface area contributed by atoms with Gasteiger partial charge in [0.25, 0.3) is 0 Å². The van der Waals surface area contributed by atoms with Gasteiger partial charge in [0.15, 0.2) is 23.3 Å². The number of rotatable bonds is 7. The minimum absolute atomic E-state index is 0.0669. The molecule has 0 radical (unpaired) electrons. The Bertz CT molecular complexity index is 840. The zero-order chi connectivity index (χ0) is 21.2. The molecule has 0 aliphatic carbocycles. The second kappa shape index (κ2) is 8.39. The summed E-state index contributed by atoms with van der Waals surface area (Å²) in [4.78, 5) is 14.8. The number of carbonyl (C=O) groups is 1. The Morgan fingerprint density at radius 1 is 1.00 bits per heavy atom. The maximum atomic E-state index is 14.8. The maximum absolute atomic E-state index is 14.8. The zero-order valence-electron chi connectivity index (χ0n) is 16.1. The van der Waals surface area contributed by atoms with Crippen molar-refractivity contribution in [2.75, 3.05) is 14.1 Å². The van der Waals surface area contributed by atoms with Crippen LogP contribution >= 0.6 is 0 Å². The largest absolute Gasteiger partial charge is 0.307 e. The normalized spacial score (nSPS) is 14.8. The van der Waals surface area contributed by atoms with Crippen molar-refractivity contribution in [2.24, 2.45) is 0 Å². The highest BCUT2D eigenvalue weighted by Crippen LogP contribution is 2.43. The Balaban J connectivity index is 2.96. The molecule has 2 aromatic carbocycles. The lowest BCUT2D eigenvalue weighted by Gasteiger charge is -2.38. The van der Waals surface area contributed by atoms with Crippen molar-refractivity contribution < 1.29 is 26.7 Å². The number of ketones is 1. The molecule has 2 aromatic rings. The standard InChI is InChI=1S/C21H22F5NO/c1-5-17(28)21(11-12(2)27(3)4,13-6-8-14(22)9-7-13)18-19(25)15(23)10-16(24)20(18)26/h6-10,12H,5,11H2,1-4H3/t12-,21?/m1/s1. The second-order valence-electron chi connectivity index (χ2n) is 7.05. The van der Waals surface area contributed by atoms with E-state index in [0.717, 1.165) is 12.1 Å². The number of hydrogen-bond donors (Lipinski definition) is 0. The summed E-state index contributed by atoms with van der Waals surface area (Å²) in [5.74, 6) is -7.69. The van der Waals surface area contributed by atoms with Crippen LogP contribution in [-0.2, 0) is 10.2 Å². The quantitative estimate of drug-likeness (QED) is 0.483. The minimum atomic E-state index is -2.02. The van der Waals surface area contributed by atoms with Crippen LogP contribution in [0.4, 0.5) is 22.0 Å². The SMILES string of the molecule is CCC(=O)C(C[C@@H](C)N(C)C)(c1ccc(F)cc1)c1c(F)c(F)cc(F)c1F. The van der Waals surface area contributed by atoms with Crippen molar-refractivity contribution in [3.63, 3.8) is 0 Å². The average molecular weight is 399 g/mol. The van der Waals surface area contributed by atoms with Crippen LogP contribution in [0.15, 0.2) is 30.3 Å². The van der Waals surface area contributed by atoms with E-state index in [2.05, 4.69) is 0 Å². The number of hydrogen-bond acceptors (Lipinski definition) is 2. The second-order valence-corrected chi connectivity index (χ2v) is 7.05. The molecule has 0 saturated carbocycles. The van der Waals surface area contributed by atoms with Crippen molar-refractivity contribution in [1.29, 1.82) is 0 Å². The van der Waals surface area contributed by atoms with Crippen molar-refractivity contribution in [3.8, 4) is 0 Å². The highest BCUT2D eigenvalue weighted by Gasteiger charge is 2.47. The van der Waals surface area contributed by atoms with Crippen LogP contribution in [0.2, 0.25) is 0 Å². The molecule has 0 bridgehead atoms. The molecule has 0 N–H and O–H groups in total. The first-order valence-corrected chi connectivity index (χ1v) is 8.85. The molecule has 0 saturated heterocycles. The minimum Gasteiger partial charge on any atom is -0.307 e. The lowest BCUT2D eigenvalue weighted by Crippen LogP contribution is -2.44. The van der Waals surface area contributed by atoms with Gasteiger partial charge in [-0.2, -0.15) is 0 Å². The molecule has 2 rings (SSSR count). The summed E-state index contributed by atoms with van der Waals surface area (Å²) in [6, 6.07) is 4.22. The van der Waals surface area contributed by atoms with Gasteiger partial charge in [0.05, 0.1) is 5.41 Å². The van der Waals surface area contributed by atoms with Gasteiger partial charge < -0.3 is 4.90 Å². The van der Waals surface area contributed by atoms with Crippen LogP contribution in [0.1, 0.15) is 37.8 Å². The lowest BCUT2D eigenvalue weighted by molar-refractivity contribution is -0.123. The van der Waals surface area contributed by atoms with E-state index in [0.29, 0.717) is 0 Å². The molecule has 0 heterocycles. The van der Waals surface area contributed by atoms with E-state index in [1.54, 1.807) is 25.9 Å². The third kappa shape index (κ3) is 3.81. The van der Waals surface area contributed by atoms with E-state index < -0.39 is 51.9 Å². The van der Waals surface area contributed by atoms with Gasteiger partial charge in [-0.1, -0.05) is 19.1 Å². The smallest absolute Gasteiger partial charge is 0.166 e. The summed E-state index contributed by atoms with van der Waals surface area (Å²) in [6.45, 7) is 3.21. The monoisotopic (exact) mass is 399 g/mol. The van der Waals surface area contributed by atoms with Gasteiger partial charge in [-0.3, -0.25) is 4.79 Å².